The Hall–Kier alpha value is -1.76. The third-order valence-electron chi connectivity index (χ3n) is 3.53. The molecule has 1 aliphatic carbocycles. The molecule has 1 atom stereocenters. The molecule has 1 unspecified atom stereocenters. The number of ketones is 1. The monoisotopic (exact) mass is 249 g/mol. The maximum Gasteiger partial charge on any atom is 0.162 e. The second kappa shape index (κ2) is 4.85. The molecule has 18 heavy (non-hydrogen) atoms. The van der Waals surface area contributed by atoms with E-state index in [9.17, 15) is 18.8 Å². The summed E-state index contributed by atoms with van der Waals surface area (Å²) >= 11 is 0. The number of Topliss-reactive ketones (excluding diaryl/α,β-unsaturated/α-hetero) is 1. The van der Waals surface area contributed by atoms with Crippen molar-refractivity contribution in [2.45, 2.75) is 32.1 Å². The first-order chi connectivity index (χ1) is 8.59. The molecule has 0 N–H and O–H groups in total. The van der Waals surface area contributed by atoms with E-state index >= 15 is 0 Å². The molecular formula is C14H13F2NO. The van der Waals surface area contributed by atoms with Crippen LogP contribution in [0.4, 0.5) is 8.78 Å². The minimum Gasteiger partial charge on any atom is -0.298 e. The number of nitrogens with zero attached hydrogens (tertiary/aromatic N) is 1. The van der Waals surface area contributed by atoms with Crippen LogP contribution in [0.25, 0.3) is 0 Å². The summed E-state index contributed by atoms with van der Waals surface area (Å²) in [5.41, 5.74) is -1.07. The first-order valence-electron chi connectivity index (χ1n) is 5.96. The van der Waals surface area contributed by atoms with E-state index in [0.717, 1.165) is 18.9 Å². The summed E-state index contributed by atoms with van der Waals surface area (Å²) in [6.07, 6.45) is 2.29. The Balaban J connectivity index is 2.34. The van der Waals surface area contributed by atoms with Gasteiger partial charge in [0.25, 0.3) is 0 Å². The number of benzene rings is 1. The zero-order valence-corrected chi connectivity index (χ0v) is 9.88. The van der Waals surface area contributed by atoms with Crippen LogP contribution in [0.2, 0.25) is 0 Å². The van der Waals surface area contributed by atoms with Crippen LogP contribution in [0.1, 0.15) is 31.2 Å². The van der Waals surface area contributed by atoms with Gasteiger partial charge in [0, 0.05) is 12.8 Å². The number of nitriles is 1. The van der Waals surface area contributed by atoms with Crippen LogP contribution >= 0.6 is 0 Å². The number of rotatable bonds is 2. The van der Waals surface area contributed by atoms with Gasteiger partial charge in [-0.2, -0.15) is 5.26 Å². The number of hydrogen-bond donors (Lipinski definition) is 0. The van der Waals surface area contributed by atoms with Crippen molar-refractivity contribution in [3.05, 3.63) is 35.4 Å². The van der Waals surface area contributed by atoms with Gasteiger partial charge in [0.15, 0.2) is 17.4 Å². The summed E-state index contributed by atoms with van der Waals surface area (Å²) in [5, 5.41) is 9.25. The average Bonchev–Trinajstić information content (AvgIpc) is 2.38. The van der Waals surface area contributed by atoms with Gasteiger partial charge < -0.3 is 0 Å². The summed E-state index contributed by atoms with van der Waals surface area (Å²) in [4.78, 5) is 11.9. The van der Waals surface area contributed by atoms with Crippen LogP contribution in [-0.4, -0.2) is 5.78 Å². The first-order valence-corrected chi connectivity index (χ1v) is 5.96. The number of hydrogen-bond acceptors (Lipinski definition) is 2. The molecule has 1 saturated carbocycles. The molecule has 0 bridgehead atoms. The Morgan fingerprint density at radius 2 is 2.11 bits per heavy atom. The molecule has 1 aromatic carbocycles. The van der Waals surface area contributed by atoms with E-state index in [4.69, 9.17) is 0 Å². The van der Waals surface area contributed by atoms with Crippen LogP contribution in [-0.2, 0) is 11.2 Å². The Morgan fingerprint density at radius 1 is 1.33 bits per heavy atom. The van der Waals surface area contributed by atoms with Crippen LogP contribution in [0, 0.1) is 28.4 Å². The smallest absolute Gasteiger partial charge is 0.162 e. The Labute approximate surface area is 104 Å². The molecule has 0 amide bonds. The van der Waals surface area contributed by atoms with E-state index in [-0.39, 0.29) is 17.8 Å². The van der Waals surface area contributed by atoms with Gasteiger partial charge in [-0.25, -0.2) is 8.78 Å². The normalized spacial score (nSPS) is 23.7. The summed E-state index contributed by atoms with van der Waals surface area (Å²) < 4.78 is 26.7. The lowest BCUT2D eigenvalue weighted by molar-refractivity contribution is -0.128. The van der Waals surface area contributed by atoms with Gasteiger partial charge in [0.2, 0.25) is 0 Å². The minimum absolute atomic E-state index is 0.0358. The largest absolute Gasteiger partial charge is 0.298 e. The molecule has 0 heterocycles. The molecule has 1 aliphatic rings. The average molecular weight is 249 g/mol. The van der Waals surface area contributed by atoms with Gasteiger partial charge in [0.1, 0.15) is 5.41 Å². The van der Waals surface area contributed by atoms with Crippen molar-refractivity contribution in [1.82, 2.24) is 0 Å². The predicted molar refractivity (Wildman–Crippen MR) is 61.6 cm³/mol. The standard InChI is InChI=1S/C14H13F2NO/c15-11-5-3-4-10(13(11)16)8-14(9-17)7-2-1-6-12(14)18/h3-5H,1-2,6-8H2. The minimum atomic E-state index is -1.17. The fraction of sp³-hybridized carbons (Fsp3) is 0.429. The maximum absolute atomic E-state index is 13.6. The molecule has 94 valence electrons. The van der Waals surface area contributed by atoms with Gasteiger partial charge >= 0.3 is 0 Å². The van der Waals surface area contributed by atoms with Gasteiger partial charge in [-0.05, 0) is 24.5 Å². The molecule has 1 fully saturated rings. The Kier molecular flexibility index (Phi) is 3.42. The zero-order chi connectivity index (χ0) is 13.2. The van der Waals surface area contributed by atoms with Crippen LogP contribution in [0.3, 0.4) is 0 Å². The van der Waals surface area contributed by atoms with Crippen LogP contribution in [0.15, 0.2) is 18.2 Å². The molecule has 2 nitrogen and oxygen atoms in total. The van der Waals surface area contributed by atoms with E-state index in [1.165, 1.54) is 12.1 Å². The SMILES string of the molecule is N#CC1(Cc2cccc(F)c2F)CCCCC1=O. The van der Waals surface area contributed by atoms with E-state index < -0.39 is 17.0 Å². The van der Waals surface area contributed by atoms with Crippen molar-refractivity contribution in [1.29, 1.82) is 5.26 Å². The van der Waals surface area contributed by atoms with Gasteiger partial charge in [-0.1, -0.05) is 18.6 Å². The van der Waals surface area contributed by atoms with Crippen molar-refractivity contribution in [2.24, 2.45) is 5.41 Å². The molecule has 0 radical (unpaired) electrons. The van der Waals surface area contributed by atoms with Crippen molar-refractivity contribution >= 4 is 5.78 Å². The van der Waals surface area contributed by atoms with Gasteiger partial charge in [-0.3, -0.25) is 4.79 Å². The third-order valence-corrected chi connectivity index (χ3v) is 3.53. The van der Waals surface area contributed by atoms with Gasteiger partial charge in [0.05, 0.1) is 6.07 Å². The zero-order valence-electron chi connectivity index (χ0n) is 9.88. The summed E-state index contributed by atoms with van der Waals surface area (Å²) in [7, 11) is 0. The Bertz CT molecular complexity index is 521. The van der Waals surface area contributed by atoms with Crippen molar-refractivity contribution in [3.63, 3.8) is 0 Å². The highest BCUT2D eigenvalue weighted by atomic mass is 19.2. The summed E-state index contributed by atoms with van der Waals surface area (Å²) in [6.45, 7) is 0. The van der Waals surface area contributed by atoms with E-state index in [1.54, 1.807) is 0 Å². The molecular weight excluding hydrogens is 236 g/mol. The van der Waals surface area contributed by atoms with Crippen LogP contribution < -0.4 is 0 Å². The maximum atomic E-state index is 13.6. The third kappa shape index (κ3) is 2.13. The molecule has 0 aromatic heterocycles. The second-order valence-electron chi connectivity index (χ2n) is 4.71. The lowest BCUT2D eigenvalue weighted by atomic mass is 9.70. The van der Waals surface area contributed by atoms with Gasteiger partial charge in [-0.15, -0.1) is 0 Å². The van der Waals surface area contributed by atoms with Crippen molar-refractivity contribution in [2.75, 3.05) is 0 Å². The van der Waals surface area contributed by atoms with Crippen LogP contribution in [0.5, 0.6) is 0 Å². The summed E-state index contributed by atoms with van der Waals surface area (Å²) in [5.74, 6) is -2.05. The number of halogens is 2. The molecule has 0 aliphatic heterocycles. The summed E-state index contributed by atoms with van der Waals surface area (Å²) in [6, 6.07) is 5.88. The molecule has 1 aromatic rings. The molecule has 2 rings (SSSR count). The highest BCUT2D eigenvalue weighted by molar-refractivity contribution is 5.88. The number of carbonyl (C=O) groups is 1. The van der Waals surface area contributed by atoms with E-state index in [0.29, 0.717) is 12.8 Å². The molecule has 4 heteroatoms. The van der Waals surface area contributed by atoms with Crippen molar-refractivity contribution < 1.29 is 13.6 Å². The quantitative estimate of drug-likeness (QED) is 0.807. The van der Waals surface area contributed by atoms with Crippen molar-refractivity contribution in [3.8, 4) is 6.07 Å². The number of carbonyl (C=O) groups excluding carboxylic acids is 1. The highest BCUT2D eigenvalue weighted by Gasteiger charge is 2.40. The lowest BCUT2D eigenvalue weighted by Crippen LogP contribution is -2.35. The Morgan fingerprint density at radius 3 is 2.78 bits per heavy atom. The molecule has 0 saturated heterocycles. The lowest BCUT2D eigenvalue weighted by Gasteiger charge is -2.29. The van der Waals surface area contributed by atoms with E-state index in [2.05, 4.69) is 0 Å². The first kappa shape index (κ1) is 12.7. The molecule has 0 spiro atoms. The topological polar surface area (TPSA) is 40.9 Å². The predicted octanol–water partition coefficient (Wildman–Crippen LogP) is 3.16. The highest BCUT2D eigenvalue weighted by Crippen LogP contribution is 2.36. The fourth-order valence-electron chi connectivity index (χ4n) is 2.45. The fourth-order valence-corrected chi connectivity index (χ4v) is 2.45. The van der Waals surface area contributed by atoms with E-state index in [1.807, 2.05) is 6.07 Å². The second-order valence-corrected chi connectivity index (χ2v) is 4.71.